The molecule has 1 saturated heterocycles. The molecule has 2 aromatic rings. The maximum atomic E-state index is 12.2. The van der Waals surface area contributed by atoms with Crippen LogP contribution < -0.4 is 10.1 Å². The standard InChI is InChI=1S/C17H18N4O3/c22-16(10-19-17(23)13-4-2-1-3-5-13)21-9-7-14(11-21)24-15-6-8-18-12-20-15/h1-6,8,12,14H,7,9-11H2,(H,19,23)/t14-/m0/s1. The van der Waals surface area contributed by atoms with Crippen molar-refractivity contribution < 1.29 is 14.3 Å². The predicted molar refractivity (Wildman–Crippen MR) is 86.4 cm³/mol. The molecule has 1 fully saturated rings. The van der Waals surface area contributed by atoms with Crippen molar-refractivity contribution in [1.29, 1.82) is 0 Å². The molecule has 3 rings (SSSR count). The van der Waals surface area contributed by atoms with Gasteiger partial charge in [0.05, 0.1) is 13.1 Å². The number of likely N-dealkylation sites (tertiary alicyclic amines) is 1. The molecule has 0 spiro atoms. The number of amides is 2. The molecule has 0 unspecified atom stereocenters. The molecule has 7 heteroatoms. The minimum absolute atomic E-state index is 0.0199. The number of ether oxygens (including phenoxy) is 1. The third kappa shape index (κ3) is 4.07. The average molecular weight is 326 g/mol. The minimum atomic E-state index is -0.253. The summed E-state index contributed by atoms with van der Waals surface area (Å²) >= 11 is 0. The molecule has 7 nitrogen and oxygen atoms in total. The Hall–Kier alpha value is -2.96. The molecule has 1 N–H and O–H groups in total. The van der Waals surface area contributed by atoms with Crippen molar-refractivity contribution in [3.63, 3.8) is 0 Å². The molecule has 2 amide bonds. The molecule has 1 aliphatic heterocycles. The monoisotopic (exact) mass is 326 g/mol. The van der Waals surface area contributed by atoms with Crippen molar-refractivity contribution in [3.05, 3.63) is 54.5 Å². The molecule has 124 valence electrons. The van der Waals surface area contributed by atoms with E-state index in [1.54, 1.807) is 41.4 Å². The Labute approximate surface area is 139 Å². The SMILES string of the molecule is O=C(NCC(=O)N1CC[C@H](Oc2ccncn2)C1)c1ccccc1. The molecular weight excluding hydrogens is 308 g/mol. The van der Waals surface area contributed by atoms with Gasteiger partial charge in [-0.3, -0.25) is 9.59 Å². The van der Waals surface area contributed by atoms with Crippen LogP contribution in [-0.2, 0) is 4.79 Å². The molecule has 0 radical (unpaired) electrons. The van der Waals surface area contributed by atoms with Gasteiger partial charge in [-0.05, 0) is 12.1 Å². The second kappa shape index (κ2) is 7.54. The van der Waals surface area contributed by atoms with Crippen LogP contribution in [-0.4, -0.2) is 52.4 Å². The summed E-state index contributed by atoms with van der Waals surface area (Å²) in [6, 6.07) is 10.5. The van der Waals surface area contributed by atoms with Crippen LogP contribution >= 0.6 is 0 Å². The van der Waals surface area contributed by atoms with Crippen molar-refractivity contribution >= 4 is 11.8 Å². The van der Waals surface area contributed by atoms with Gasteiger partial charge in [0.25, 0.3) is 5.91 Å². The molecular formula is C17H18N4O3. The molecule has 0 aliphatic carbocycles. The highest BCUT2D eigenvalue weighted by Crippen LogP contribution is 2.15. The Balaban J connectivity index is 1.45. The molecule has 0 saturated carbocycles. The Kier molecular flexibility index (Phi) is 5.00. The smallest absolute Gasteiger partial charge is 0.251 e. The van der Waals surface area contributed by atoms with Gasteiger partial charge in [0, 0.05) is 30.8 Å². The highest BCUT2D eigenvalue weighted by Gasteiger charge is 2.27. The Bertz CT molecular complexity index is 693. The van der Waals surface area contributed by atoms with Crippen molar-refractivity contribution in [2.75, 3.05) is 19.6 Å². The highest BCUT2D eigenvalue weighted by atomic mass is 16.5. The summed E-state index contributed by atoms with van der Waals surface area (Å²) in [4.78, 5) is 33.7. The summed E-state index contributed by atoms with van der Waals surface area (Å²) < 4.78 is 5.72. The summed E-state index contributed by atoms with van der Waals surface area (Å²) in [6.45, 7) is 1.08. The number of rotatable bonds is 5. The zero-order valence-corrected chi connectivity index (χ0v) is 13.1. The van der Waals surface area contributed by atoms with Gasteiger partial charge < -0.3 is 15.0 Å². The van der Waals surface area contributed by atoms with Crippen LogP contribution in [0.2, 0.25) is 0 Å². The van der Waals surface area contributed by atoms with Crippen LogP contribution in [0.4, 0.5) is 0 Å². The lowest BCUT2D eigenvalue weighted by molar-refractivity contribution is -0.129. The minimum Gasteiger partial charge on any atom is -0.472 e. The van der Waals surface area contributed by atoms with Crippen LogP contribution in [0, 0.1) is 0 Å². The zero-order valence-electron chi connectivity index (χ0n) is 13.1. The number of carbonyl (C=O) groups excluding carboxylic acids is 2. The zero-order chi connectivity index (χ0) is 16.8. The molecule has 0 bridgehead atoms. The van der Waals surface area contributed by atoms with Gasteiger partial charge in [-0.15, -0.1) is 0 Å². The largest absolute Gasteiger partial charge is 0.472 e. The first kappa shape index (κ1) is 15.9. The summed E-state index contributed by atoms with van der Waals surface area (Å²) in [7, 11) is 0. The van der Waals surface area contributed by atoms with Crippen LogP contribution in [0.5, 0.6) is 5.88 Å². The summed E-state index contributed by atoms with van der Waals surface area (Å²) in [5, 5.41) is 2.65. The Morgan fingerprint density at radius 1 is 1.25 bits per heavy atom. The van der Waals surface area contributed by atoms with Gasteiger partial charge in [-0.25, -0.2) is 9.97 Å². The first-order valence-corrected chi connectivity index (χ1v) is 7.76. The number of benzene rings is 1. The van der Waals surface area contributed by atoms with Gasteiger partial charge in [0.15, 0.2) is 0 Å². The van der Waals surface area contributed by atoms with Crippen LogP contribution in [0.25, 0.3) is 0 Å². The summed E-state index contributed by atoms with van der Waals surface area (Å²) in [5.41, 5.74) is 0.539. The summed E-state index contributed by atoms with van der Waals surface area (Å²) in [6.07, 6.45) is 3.68. The molecule has 1 aliphatic rings. The average Bonchev–Trinajstić information content (AvgIpc) is 3.09. The summed E-state index contributed by atoms with van der Waals surface area (Å²) in [5.74, 6) is 0.131. The normalized spacial score (nSPS) is 16.7. The second-order valence-corrected chi connectivity index (χ2v) is 5.46. The Morgan fingerprint density at radius 2 is 2.08 bits per heavy atom. The van der Waals surface area contributed by atoms with Gasteiger partial charge in [0.2, 0.25) is 11.8 Å². The topological polar surface area (TPSA) is 84.4 Å². The van der Waals surface area contributed by atoms with E-state index in [4.69, 9.17) is 4.74 Å². The van der Waals surface area contributed by atoms with E-state index in [1.165, 1.54) is 6.33 Å². The van der Waals surface area contributed by atoms with E-state index < -0.39 is 0 Å². The number of nitrogens with zero attached hydrogens (tertiary/aromatic N) is 3. The maximum absolute atomic E-state index is 12.2. The van der Waals surface area contributed by atoms with Crippen molar-refractivity contribution in [2.45, 2.75) is 12.5 Å². The van der Waals surface area contributed by atoms with Crippen LogP contribution in [0.15, 0.2) is 48.9 Å². The van der Waals surface area contributed by atoms with Crippen LogP contribution in [0.1, 0.15) is 16.8 Å². The molecule has 1 aromatic carbocycles. The van der Waals surface area contributed by atoms with Gasteiger partial charge >= 0.3 is 0 Å². The van der Waals surface area contributed by atoms with Gasteiger partial charge in [-0.1, -0.05) is 18.2 Å². The highest BCUT2D eigenvalue weighted by molar-refractivity contribution is 5.96. The van der Waals surface area contributed by atoms with E-state index in [0.717, 1.165) is 6.42 Å². The predicted octanol–water partition coefficient (Wildman–Crippen LogP) is 0.886. The van der Waals surface area contributed by atoms with E-state index in [-0.39, 0.29) is 24.5 Å². The number of aromatic nitrogens is 2. The second-order valence-electron chi connectivity index (χ2n) is 5.46. The van der Waals surface area contributed by atoms with E-state index in [9.17, 15) is 9.59 Å². The lowest BCUT2D eigenvalue weighted by atomic mass is 10.2. The third-order valence-electron chi connectivity index (χ3n) is 3.78. The molecule has 1 atom stereocenters. The quantitative estimate of drug-likeness (QED) is 0.882. The van der Waals surface area contributed by atoms with Crippen molar-refractivity contribution in [1.82, 2.24) is 20.2 Å². The van der Waals surface area contributed by atoms with E-state index in [2.05, 4.69) is 15.3 Å². The van der Waals surface area contributed by atoms with E-state index in [1.807, 2.05) is 6.07 Å². The fraction of sp³-hybridized carbons (Fsp3) is 0.294. The third-order valence-corrected chi connectivity index (χ3v) is 3.78. The lowest BCUT2D eigenvalue weighted by Gasteiger charge is -2.17. The number of carbonyl (C=O) groups is 2. The number of hydrogen-bond acceptors (Lipinski definition) is 5. The fourth-order valence-electron chi connectivity index (χ4n) is 2.53. The number of nitrogens with one attached hydrogen (secondary N) is 1. The van der Waals surface area contributed by atoms with E-state index >= 15 is 0 Å². The number of hydrogen-bond donors (Lipinski definition) is 1. The molecule has 1 aromatic heterocycles. The molecule has 24 heavy (non-hydrogen) atoms. The van der Waals surface area contributed by atoms with Gasteiger partial charge in [0.1, 0.15) is 12.4 Å². The van der Waals surface area contributed by atoms with Crippen LogP contribution in [0.3, 0.4) is 0 Å². The van der Waals surface area contributed by atoms with Crippen molar-refractivity contribution in [2.24, 2.45) is 0 Å². The lowest BCUT2D eigenvalue weighted by Crippen LogP contribution is -2.39. The molecule has 2 heterocycles. The first-order chi connectivity index (χ1) is 11.7. The first-order valence-electron chi connectivity index (χ1n) is 7.76. The maximum Gasteiger partial charge on any atom is 0.251 e. The van der Waals surface area contributed by atoms with Gasteiger partial charge in [-0.2, -0.15) is 0 Å². The fourth-order valence-corrected chi connectivity index (χ4v) is 2.53. The van der Waals surface area contributed by atoms with Crippen molar-refractivity contribution in [3.8, 4) is 5.88 Å². The van der Waals surface area contributed by atoms with E-state index in [0.29, 0.717) is 24.5 Å². The Morgan fingerprint density at radius 3 is 2.83 bits per heavy atom.